The molecule has 4 aromatic carbocycles. The number of benzene rings is 4. The summed E-state index contributed by atoms with van der Waals surface area (Å²) >= 11 is 0. The first-order chi connectivity index (χ1) is 17.6. The lowest BCUT2D eigenvalue weighted by molar-refractivity contribution is 0.463. The molecule has 1 saturated heterocycles. The number of anilines is 1. The van der Waals surface area contributed by atoms with Crippen LogP contribution in [-0.2, 0) is 16.4 Å². The maximum atomic E-state index is 4.04. The zero-order chi connectivity index (χ0) is 26.3. The molecule has 1 aliphatic heterocycles. The Morgan fingerprint density at radius 1 is 0.595 bits per heavy atom. The van der Waals surface area contributed by atoms with E-state index in [4.69, 9.17) is 0 Å². The Kier molecular flexibility index (Phi) is 6.50. The molecule has 2 atom stereocenters. The van der Waals surface area contributed by atoms with Crippen LogP contribution in [-0.4, -0.2) is 0 Å². The minimum Gasteiger partial charge on any atom is -0.300 e. The number of hydrogen-bond donors (Lipinski definition) is 1. The Morgan fingerprint density at radius 3 is 1.57 bits per heavy atom. The summed E-state index contributed by atoms with van der Waals surface area (Å²) in [5.74, 6) is 0. The van der Waals surface area contributed by atoms with Crippen molar-refractivity contribution in [2.45, 2.75) is 70.4 Å². The summed E-state index contributed by atoms with van der Waals surface area (Å²) in [6, 6.07) is 40.4. The number of nitrogens with zero attached hydrogens (tertiary/aromatic N) is 1. The molecule has 0 bridgehead atoms. The van der Waals surface area contributed by atoms with Gasteiger partial charge in [0.05, 0.1) is 17.3 Å². The van der Waals surface area contributed by atoms with Crippen molar-refractivity contribution >= 4 is 5.69 Å². The topological polar surface area (TPSA) is 15.3 Å². The Bertz CT molecular complexity index is 1310. The molecule has 4 aromatic rings. The average Bonchev–Trinajstić information content (AvgIpc) is 3.31. The summed E-state index contributed by atoms with van der Waals surface area (Å²) in [6.45, 7) is 13.6. The molecule has 0 spiro atoms. The first-order valence-corrected chi connectivity index (χ1v) is 13.5. The number of nitrogens with one attached hydrogen (secondary N) is 1. The van der Waals surface area contributed by atoms with Crippen LogP contribution in [0.5, 0.6) is 0 Å². The first-order valence-electron chi connectivity index (χ1n) is 13.5. The molecule has 5 rings (SSSR count). The van der Waals surface area contributed by atoms with Crippen molar-refractivity contribution in [3.05, 3.63) is 137 Å². The normalized spacial score (nSPS) is 20.3. The van der Waals surface area contributed by atoms with E-state index in [1.807, 2.05) is 0 Å². The largest absolute Gasteiger partial charge is 0.300 e. The number of rotatable bonds is 4. The van der Waals surface area contributed by atoms with Crippen molar-refractivity contribution in [1.29, 1.82) is 0 Å². The fourth-order valence-corrected chi connectivity index (χ4v) is 5.52. The molecule has 1 aliphatic rings. The van der Waals surface area contributed by atoms with Crippen LogP contribution in [0.15, 0.2) is 109 Å². The second kappa shape index (κ2) is 9.50. The SMILES string of the molecule is CC(C)(C)c1ccc(C2CC(c3ccccc3)(c3ccc(C(C)(C)C)cc3)NN2c2ccccc2)cc1. The molecule has 1 N–H and O–H groups in total. The maximum Gasteiger partial charge on any atom is 0.0894 e. The van der Waals surface area contributed by atoms with E-state index in [0.717, 1.165) is 6.42 Å². The average molecular weight is 489 g/mol. The van der Waals surface area contributed by atoms with Gasteiger partial charge in [-0.15, -0.1) is 0 Å². The Balaban J connectivity index is 1.64. The van der Waals surface area contributed by atoms with Gasteiger partial charge >= 0.3 is 0 Å². The number of para-hydroxylation sites is 1. The highest BCUT2D eigenvalue weighted by Crippen LogP contribution is 2.47. The van der Waals surface area contributed by atoms with Gasteiger partial charge in [0.2, 0.25) is 0 Å². The van der Waals surface area contributed by atoms with E-state index >= 15 is 0 Å². The van der Waals surface area contributed by atoms with E-state index in [1.54, 1.807) is 0 Å². The van der Waals surface area contributed by atoms with Crippen LogP contribution in [0.25, 0.3) is 0 Å². The third kappa shape index (κ3) is 4.95. The third-order valence-electron chi connectivity index (χ3n) is 7.83. The van der Waals surface area contributed by atoms with Crippen molar-refractivity contribution in [1.82, 2.24) is 5.43 Å². The second-order valence-electron chi connectivity index (χ2n) is 12.5. The van der Waals surface area contributed by atoms with Crippen LogP contribution in [0.2, 0.25) is 0 Å². The highest BCUT2D eigenvalue weighted by molar-refractivity contribution is 5.54. The van der Waals surface area contributed by atoms with Gasteiger partial charge in [0.15, 0.2) is 0 Å². The molecule has 0 amide bonds. The van der Waals surface area contributed by atoms with Crippen LogP contribution < -0.4 is 10.4 Å². The molecule has 1 heterocycles. The van der Waals surface area contributed by atoms with Gasteiger partial charge in [-0.1, -0.05) is 139 Å². The number of hydrazine groups is 1. The lowest BCUT2D eigenvalue weighted by Gasteiger charge is -2.33. The number of hydrogen-bond acceptors (Lipinski definition) is 2. The van der Waals surface area contributed by atoms with Gasteiger partial charge in [-0.3, -0.25) is 5.01 Å². The molecule has 37 heavy (non-hydrogen) atoms. The summed E-state index contributed by atoms with van der Waals surface area (Å²) in [7, 11) is 0. The van der Waals surface area contributed by atoms with E-state index in [1.165, 1.54) is 33.5 Å². The fourth-order valence-electron chi connectivity index (χ4n) is 5.52. The van der Waals surface area contributed by atoms with Gasteiger partial charge < -0.3 is 0 Å². The fraction of sp³-hybridized carbons (Fsp3) is 0.314. The lowest BCUT2D eigenvalue weighted by Crippen LogP contribution is -2.45. The molecule has 2 heteroatoms. The van der Waals surface area contributed by atoms with E-state index in [2.05, 4.69) is 161 Å². The van der Waals surface area contributed by atoms with Gasteiger partial charge in [-0.2, -0.15) is 0 Å². The quantitative estimate of drug-likeness (QED) is 0.309. The molecular formula is C35H40N2. The van der Waals surface area contributed by atoms with Gasteiger partial charge in [0.25, 0.3) is 0 Å². The van der Waals surface area contributed by atoms with Crippen molar-refractivity contribution in [2.75, 3.05) is 5.01 Å². The zero-order valence-electron chi connectivity index (χ0n) is 23.1. The van der Waals surface area contributed by atoms with Gasteiger partial charge in [0, 0.05) is 6.42 Å². The molecule has 0 aromatic heterocycles. The summed E-state index contributed by atoms with van der Waals surface area (Å²) in [4.78, 5) is 0. The predicted octanol–water partition coefficient (Wildman–Crippen LogP) is 8.68. The zero-order valence-corrected chi connectivity index (χ0v) is 23.1. The van der Waals surface area contributed by atoms with Gasteiger partial charge in [-0.05, 0) is 50.8 Å². The highest BCUT2D eigenvalue weighted by Gasteiger charge is 2.47. The molecular weight excluding hydrogens is 448 g/mol. The molecule has 0 radical (unpaired) electrons. The van der Waals surface area contributed by atoms with Gasteiger partial charge in [-0.25, -0.2) is 5.43 Å². The molecule has 190 valence electrons. The molecule has 2 nitrogen and oxygen atoms in total. The van der Waals surface area contributed by atoms with Crippen LogP contribution in [0.4, 0.5) is 5.69 Å². The molecule has 0 saturated carbocycles. The summed E-state index contributed by atoms with van der Waals surface area (Å²) in [5, 5.41) is 2.39. The smallest absolute Gasteiger partial charge is 0.0894 e. The van der Waals surface area contributed by atoms with Crippen molar-refractivity contribution < 1.29 is 0 Å². The summed E-state index contributed by atoms with van der Waals surface area (Å²) in [6.07, 6.45) is 0.926. The van der Waals surface area contributed by atoms with Crippen molar-refractivity contribution in [3.63, 3.8) is 0 Å². The monoisotopic (exact) mass is 488 g/mol. The Morgan fingerprint density at radius 2 is 1.05 bits per heavy atom. The molecule has 1 fully saturated rings. The van der Waals surface area contributed by atoms with E-state index in [-0.39, 0.29) is 22.4 Å². The van der Waals surface area contributed by atoms with Crippen LogP contribution >= 0.6 is 0 Å². The van der Waals surface area contributed by atoms with Crippen LogP contribution in [0, 0.1) is 0 Å². The van der Waals surface area contributed by atoms with Gasteiger partial charge in [0.1, 0.15) is 0 Å². The Labute approximate surface area is 223 Å². The second-order valence-corrected chi connectivity index (χ2v) is 12.5. The first kappa shape index (κ1) is 25.3. The predicted molar refractivity (Wildman–Crippen MR) is 157 cm³/mol. The minimum atomic E-state index is -0.346. The highest BCUT2D eigenvalue weighted by atomic mass is 15.6. The molecule has 0 aliphatic carbocycles. The Hall–Kier alpha value is -3.36. The standard InChI is InChI=1S/C35H40N2/c1-33(2,3)27-19-17-26(18-20-27)32-25-35(29-13-9-7-10-14-29,36-37(32)31-15-11-8-12-16-31)30-23-21-28(22-24-30)34(4,5)6/h7-24,32,36H,25H2,1-6H3. The maximum absolute atomic E-state index is 4.04. The van der Waals surface area contributed by atoms with E-state index < -0.39 is 0 Å². The van der Waals surface area contributed by atoms with E-state index in [9.17, 15) is 0 Å². The summed E-state index contributed by atoms with van der Waals surface area (Å²) < 4.78 is 0. The minimum absolute atomic E-state index is 0.120. The van der Waals surface area contributed by atoms with Crippen LogP contribution in [0.1, 0.15) is 81.8 Å². The lowest BCUT2D eigenvalue weighted by atomic mass is 9.77. The van der Waals surface area contributed by atoms with Crippen LogP contribution in [0.3, 0.4) is 0 Å². The summed E-state index contributed by atoms with van der Waals surface area (Å²) in [5.41, 5.74) is 11.7. The molecule has 2 unspecified atom stereocenters. The third-order valence-corrected chi connectivity index (χ3v) is 7.83. The van der Waals surface area contributed by atoms with Crippen molar-refractivity contribution in [3.8, 4) is 0 Å². The van der Waals surface area contributed by atoms with Crippen molar-refractivity contribution in [2.24, 2.45) is 0 Å². The van der Waals surface area contributed by atoms with E-state index in [0.29, 0.717) is 0 Å².